The number of carbonyl (C=O) groups excluding carboxylic acids is 1. The summed E-state index contributed by atoms with van der Waals surface area (Å²) in [4.78, 5) is 12.7. The Bertz CT molecular complexity index is 1040. The summed E-state index contributed by atoms with van der Waals surface area (Å²) in [5.41, 5.74) is 0.726. The van der Waals surface area contributed by atoms with E-state index >= 15 is 0 Å². The fourth-order valence-electron chi connectivity index (χ4n) is 3.52. The Morgan fingerprint density at radius 1 is 0.943 bits per heavy atom. The fraction of sp³-hybridized carbons (Fsp3) is 0.296. The number of halogens is 3. The summed E-state index contributed by atoms with van der Waals surface area (Å²) in [7, 11) is 1.86. The highest BCUT2D eigenvalue weighted by Crippen LogP contribution is 2.32. The molecule has 0 aliphatic rings. The standard InChI is InChI=1S/C27H28F3NO4/c1-31(17-23(33)19-34-24-11-7-20(18-32)8-12-24)16-15-26(21-5-3-2-4-6-21)35-25-13-9-22(10-14-25)27(28,29)30/h2-14,18,23,26,33H,15-17,19H2,1H3. The molecule has 35 heavy (non-hydrogen) atoms. The van der Waals surface area contributed by atoms with E-state index in [0.29, 0.717) is 36.6 Å². The Hall–Kier alpha value is -3.36. The fourth-order valence-corrected chi connectivity index (χ4v) is 3.52. The summed E-state index contributed by atoms with van der Waals surface area (Å²) in [6, 6.07) is 20.7. The van der Waals surface area contributed by atoms with E-state index in [2.05, 4.69) is 0 Å². The second kappa shape index (κ2) is 12.4. The Kier molecular flexibility index (Phi) is 9.28. The number of ether oxygens (including phenoxy) is 2. The maximum Gasteiger partial charge on any atom is 0.416 e. The number of hydrogen-bond acceptors (Lipinski definition) is 5. The molecule has 186 valence electrons. The molecule has 3 aromatic carbocycles. The third-order valence-corrected chi connectivity index (χ3v) is 5.39. The van der Waals surface area contributed by atoms with E-state index in [0.717, 1.165) is 24.0 Å². The monoisotopic (exact) mass is 487 g/mol. The van der Waals surface area contributed by atoms with Crippen molar-refractivity contribution >= 4 is 6.29 Å². The van der Waals surface area contributed by atoms with E-state index in [1.807, 2.05) is 42.3 Å². The van der Waals surface area contributed by atoms with Crippen LogP contribution >= 0.6 is 0 Å². The second-order valence-corrected chi connectivity index (χ2v) is 8.24. The molecule has 0 spiro atoms. The molecule has 0 bridgehead atoms. The summed E-state index contributed by atoms with van der Waals surface area (Å²) in [5, 5.41) is 10.3. The lowest BCUT2D eigenvalue weighted by Crippen LogP contribution is -2.34. The second-order valence-electron chi connectivity index (χ2n) is 8.24. The Morgan fingerprint density at radius 2 is 1.57 bits per heavy atom. The molecule has 8 heteroatoms. The zero-order chi connectivity index (χ0) is 25.3. The van der Waals surface area contributed by atoms with E-state index in [9.17, 15) is 23.1 Å². The molecule has 5 nitrogen and oxygen atoms in total. The van der Waals surface area contributed by atoms with Crippen molar-refractivity contribution in [3.8, 4) is 11.5 Å². The molecule has 0 fully saturated rings. The van der Waals surface area contributed by atoms with Crippen LogP contribution in [-0.4, -0.2) is 49.1 Å². The molecule has 0 amide bonds. The molecule has 1 N–H and O–H groups in total. The van der Waals surface area contributed by atoms with Gasteiger partial charge in [0.2, 0.25) is 0 Å². The van der Waals surface area contributed by atoms with Crippen molar-refractivity contribution in [1.29, 1.82) is 0 Å². The minimum Gasteiger partial charge on any atom is -0.491 e. The van der Waals surface area contributed by atoms with Crippen molar-refractivity contribution in [3.63, 3.8) is 0 Å². The molecule has 0 aliphatic heterocycles. The Morgan fingerprint density at radius 3 is 2.17 bits per heavy atom. The van der Waals surface area contributed by atoms with Gasteiger partial charge in [-0.15, -0.1) is 0 Å². The highest BCUT2D eigenvalue weighted by atomic mass is 19.4. The summed E-state index contributed by atoms with van der Waals surface area (Å²) in [6.07, 6.45) is -4.21. The van der Waals surface area contributed by atoms with Crippen molar-refractivity contribution < 1.29 is 32.5 Å². The maximum atomic E-state index is 12.9. The molecular weight excluding hydrogens is 459 g/mol. The van der Waals surface area contributed by atoms with E-state index in [1.54, 1.807) is 24.3 Å². The predicted octanol–water partition coefficient (Wildman–Crippen LogP) is 5.40. The molecule has 0 saturated carbocycles. The first-order valence-corrected chi connectivity index (χ1v) is 11.2. The zero-order valence-corrected chi connectivity index (χ0v) is 19.3. The maximum absolute atomic E-state index is 12.9. The van der Waals surface area contributed by atoms with Crippen molar-refractivity contribution in [2.45, 2.75) is 24.8 Å². The quantitative estimate of drug-likeness (QED) is 0.347. The summed E-state index contributed by atoms with van der Waals surface area (Å²) < 4.78 is 50.2. The van der Waals surface area contributed by atoms with Gasteiger partial charge >= 0.3 is 6.18 Å². The van der Waals surface area contributed by atoms with Gasteiger partial charge in [0.1, 0.15) is 36.6 Å². The van der Waals surface area contributed by atoms with Gasteiger partial charge in [-0.3, -0.25) is 4.79 Å². The van der Waals surface area contributed by atoms with Crippen LogP contribution in [0.1, 0.15) is 34.0 Å². The number of benzene rings is 3. The smallest absolute Gasteiger partial charge is 0.416 e. The summed E-state index contributed by atoms with van der Waals surface area (Å²) >= 11 is 0. The number of aliphatic hydroxyl groups is 1. The van der Waals surface area contributed by atoms with E-state index in [-0.39, 0.29) is 12.7 Å². The average molecular weight is 488 g/mol. The number of aldehydes is 1. The number of alkyl halides is 3. The van der Waals surface area contributed by atoms with Gasteiger partial charge in [0.25, 0.3) is 0 Å². The molecule has 3 aromatic rings. The Labute approximate surface area is 202 Å². The number of hydrogen-bond donors (Lipinski definition) is 1. The highest BCUT2D eigenvalue weighted by molar-refractivity contribution is 5.74. The number of likely N-dealkylation sites (N-methyl/N-ethyl adjacent to an activating group) is 1. The lowest BCUT2D eigenvalue weighted by Gasteiger charge is -2.25. The molecule has 3 rings (SSSR count). The third-order valence-electron chi connectivity index (χ3n) is 5.39. The number of carbonyl (C=O) groups is 1. The lowest BCUT2D eigenvalue weighted by molar-refractivity contribution is -0.137. The van der Waals surface area contributed by atoms with Crippen LogP contribution in [0.2, 0.25) is 0 Å². The van der Waals surface area contributed by atoms with Crippen molar-refractivity contribution in [2.75, 3.05) is 26.7 Å². The van der Waals surface area contributed by atoms with Gasteiger partial charge in [0.15, 0.2) is 0 Å². The molecule has 2 atom stereocenters. The largest absolute Gasteiger partial charge is 0.491 e. The first-order chi connectivity index (χ1) is 16.7. The van der Waals surface area contributed by atoms with E-state index < -0.39 is 17.8 Å². The van der Waals surface area contributed by atoms with Crippen LogP contribution < -0.4 is 9.47 Å². The van der Waals surface area contributed by atoms with Crippen molar-refractivity contribution in [1.82, 2.24) is 4.90 Å². The van der Waals surface area contributed by atoms with E-state index in [1.165, 1.54) is 12.1 Å². The van der Waals surface area contributed by atoms with Gasteiger partial charge in [-0.05, 0) is 61.1 Å². The van der Waals surface area contributed by atoms with Gasteiger partial charge in [0, 0.05) is 25.1 Å². The van der Waals surface area contributed by atoms with Crippen LogP contribution in [0.5, 0.6) is 11.5 Å². The third kappa shape index (κ3) is 8.42. The predicted molar refractivity (Wildman–Crippen MR) is 127 cm³/mol. The van der Waals surface area contributed by atoms with Crippen LogP contribution in [-0.2, 0) is 6.18 Å². The van der Waals surface area contributed by atoms with Crippen molar-refractivity contribution in [3.05, 3.63) is 95.6 Å². The number of rotatable bonds is 12. The molecular formula is C27H28F3NO4. The molecule has 0 heterocycles. The minimum absolute atomic E-state index is 0.0922. The van der Waals surface area contributed by atoms with Gasteiger partial charge in [-0.2, -0.15) is 13.2 Å². The first-order valence-electron chi connectivity index (χ1n) is 11.2. The van der Waals surface area contributed by atoms with Crippen LogP contribution in [0.25, 0.3) is 0 Å². The minimum atomic E-state index is -4.40. The average Bonchev–Trinajstić information content (AvgIpc) is 2.86. The molecule has 0 aliphatic carbocycles. The van der Waals surface area contributed by atoms with Crippen LogP contribution in [0.15, 0.2) is 78.9 Å². The van der Waals surface area contributed by atoms with Gasteiger partial charge < -0.3 is 19.5 Å². The molecule has 2 unspecified atom stereocenters. The van der Waals surface area contributed by atoms with Crippen LogP contribution in [0, 0.1) is 0 Å². The molecule has 0 radical (unpaired) electrons. The van der Waals surface area contributed by atoms with Gasteiger partial charge in [0.05, 0.1) is 5.56 Å². The first kappa shape index (κ1) is 26.2. The summed E-state index contributed by atoms with van der Waals surface area (Å²) in [5.74, 6) is 0.912. The normalized spacial score (nSPS) is 13.3. The Balaban J connectivity index is 1.54. The van der Waals surface area contributed by atoms with Crippen molar-refractivity contribution in [2.24, 2.45) is 0 Å². The summed E-state index contributed by atoms with van der Waals surface area (Å²) in [6.45, 7) is 1.02. The van der Waals surface area contributed by atoms with Gasteiger partial charge in [-0.25, -0.2) is 0 Å². The van der Waals surface area contributed by atoms with E-state index in [4.69, 9.17) is 9.47 Å². The molecule has 0 saturated heterocycles. The highest BCUT2D eigenvalue weighted by Gasteiger charge is 2.30. The van der Waals surface area contributed by atoms with Crippen LogP contribution in [0.4, 0.5) is 13.2 Å². The SMILES string of the molecule is CN(CCC(Oc1ccc(C(F)(F)F)cc1)c1ccccc1)CC(O)COc1ccc(C=O)cc1. The number of nitrogens with zero attached hydrogens (tertiary/aromatic N) is 1. The molecule has 0 aromatic heterocycles. The zero-order valence-electron chi connectivity index (χ0n) is 19.3. The number of aliphatic hydroxyl groups excluding tert-OH is 1. The van der Waals surface area contributed by atoms with Crippen LogP contribution in [0.3, 0.4) is 0 Å². The van der Waals surface area contributed by atoms with Gasteiger partial charge in [-0.1, -0.05) is 30.3 Å². The topological polar surface area (TPSA) is 59.0 Å². The lowest BCUT2D eigenvalue weighted by atomic mass is 10.1.